The fourth-order valence-corrected chi connectivity index (χ4v) is 0.867. The largest absolute Gasteiger partial charge is 0.461 e. The summed E-state index contributed by atoms with van der Waals surface area (Å²) in [6, 6.07) is 0. The number of carbonyl (C=O) groups excluding carboxylic acids is 2. The molecule has 0 spiro atoms. The monoisotopic (exact) mass is 184 g/mol. The van der Waals surface area contributed by atoms with Crippen molar-refractivity contribution in [2.45, 2.75) is 32.6 Å². The van der Waals surface area contributed by atoms with Gasteiger partial charge in [-0.05, 0) is 19.8 Å². The molecule has 0 saturated heterocycles. The molecular weight excluding hydrogens is 168 g/mol. The summed E-state index contributed by atoms with van der Waals surface area (Å²) in [7, 11) is 0. The maximum Gasteiger partial charge on any atom is 0.306 e. The van der Waals surface area contributed by atoms with Gasteiger partial charge in [0.15, 0.2) is 0 Å². The molecule has 0 aromatic rings. The number of Topliss-reactive ketones (excluding diaryl/α,β-unsaturated/α-hetero) is 1. The highest BCUT2D eigenvalue weighted by molar-refractivity contribution is 5.75. The zero-order chi connectivity index (χ0) is 10.1. The van der Waals surface area contributed by atoms with E-state index in [2.05, 4.69) is 6.58 Å². The second-order valence-corrected chi connectivity index (χ2v) is 2.88. The molecule has 0 aromatic carbocycles. The number of rotatable bonds is 7. The van der Waals surface area contributed by atoms with Crippen LogP contribution in [-0.2, 0) is 14.3 Å². The second kappa shape index (κ2) is 7.53. The minimum atomic E-state index is -0.219. The van der Waals surface area contributed by atoms with Crippen LogP contribution in [-0.4, -0.2) is 18.4 Å². The van der Waals surface area contributed by atoms with Gasteiger partial charge in [0.2, 0.25) is 0 Å². The Bertz CT molecular complexity index is 185. The van der Waals surface area contributed by atoms with Crippen LogP contribution in [0.25, 0.3) is 0 Å². The zero-order valence-electron chi connectivity index (χ0n) is 8.04. The molecule has 0 bridgehead atoms. The number of hydrogen-bond acceptors (Lipinski definition) is 3. The summed E-state index contributed by atoms with van der Waals surface area (Å²) in [5.41, 5.74) is 0. The van der Waals surface area contributed by atoms with E-state index < -0.39 is 0 Å². The Hall–Kier alpha value is -1.12. The third-order valence-electron chi connectivity index (χ3n) is 1.52. The van der Waals surface area contributed by atoms with E-state index in [0.29, 0.717) is 12.8 Å². The van der Waals surface area contributed by atoms with E-state index >= 15 is 0 Å². The minimum absolute atomic E-state index is 0.166. The molecule has 3 heteroatoms. The van der Waals surface area contributed by atoms with Crippen molar-refractivity contribution in [2.75, 3.05) is 6.61 Å². The molecule has 0 atom stereocenters. The van der Waals surface area contributed by atoms with Crippen molar-refractivity contribution in [3.63, 3.8) is 0 Å². The van der Waals surface area contributed by atoms with E-state index in [1.165, 1.54) is 6.08 Å². The lowest BCUT2D eigenvalue weighted by atomic mass is 10.1. The van der Waals surface area contributed by atoms with Gasteiger partial charge in [0.05, 0.1) is 0 Å². The Morgan fingerprint density at radius 1 is 1.31 bits per heavy atom. The molecule has 0 saturated carbocycles. The van der Waals surface area contributed by atoms with Gasteiger partial charge in [-0.25, -0.2) is 0 Å². The summed E-state index contributed by atoms with van der Waals surface area (Å²) in [6.45, 7) is 5.25. The van der Waals surface area contributed by atoms with Crippen LogP contribution >= 0.6 is 0 Å². The van der Waals surface area contributed by atoms with Crippen molar-refractivity contribution in [2.24, 2.45) is 0 Å². The van der Waals surface area contributed by atoms with Crippen molar-refractivity contribution in [3.8, 4) is 0 Å². The fourth-order valence-electron chi connectivity index (χ4n) is 0.867. The molecule has 0 aliphatic carbocycles. The van der Waals surface area contributed by atoms with Crippen molar-refractivity contribution in [1.82, 2.24) is 0 Å². The fraction of sp³-hybridized carbons (Fsp3) is 0.600. The molecule has 0 radical (unpaired) electrons. The average molecular weight is 184 g/mol. The van der Waals surface area contributed by atoms with Gasteiger partial charge in [-0.3, -0.25) is 4.79 Å². The van der Waals surface area contributed by atoms with Crippen LogP contribution in [0.4, 0.5) is 0 Å². The number of hydrogen-bond donors (Lipinski definition) is 0. The van der Waals surface area contributed by atoms with Gasteiger partial charge in [0.1, 0.15) is 12.4 Å². The number of unbranched alkanes of at least 4 members (excludes halogenated alkanes) is 1. The van der Waals surface area contributed by atoms with Gasteiger partial charge in [0, 0.05) is 12.8 Å². The van der Waals surface area contributed by atoms with E-state index in [4.69, 9.17) is 4.74 Å². The Labute approximate surface area is 78.8 Å². The average Bonchev–Trinajstić information content (AvgIpc) is 2.08. The van der Waals surface area contributed by atoms with E-state index in [-0.39, 0.29) is 18.4 Å². The first kappa shape index (κ1) is 11.9. The van der Waals surface area contributed by atoms with Gasteiger partial charge < -0.3 is 9.53 Å². The van der Waals surface area contributed by atoms with Crippen molar-refractivity contribution < 1.29 is 14.3 Å². The maximum atomic E-state index is 10.9. The predicted octanol–water partition coefficient (Wildman–Crippen LogP) is 1.86. The Balaban J connectivity index is 3.26. The first-order valence-corrected chi connectivity index (χ1v) is 4.42. The Morgan fingerprint density at radius 2 is 1.92 bits per heavy atom. The molecule has 0 rings (SSSR count). The quantitative estimate of drug-likeness (QED) is 0.344. The van der Waals surface area contributed by atoms with Crippen molar-refractivity contribution >= 4 is 11.8 Å². The third kappa shape index (κ3) is 8.79. The summed E-state index contributed by atoms with van der Waals surface area (Å²) >= 11 is 0. The van der Waals surface area contributed by atoms with Crippen molar-refractivity contribution in [1.29, 1.82) is 0 Å². The normalized spacial score (nSPS) is 9.31. The van der Waals surface area contributed by atoms with E-state index in [1.54, 1.807) is 6.92 Å². The molecule has 0 amide bonds. The highest BCUT2D eigenvalue weighted by Crippen LogP contribution is 2.01. The SMILES string of the molecule is C=CCOC(=O)CCCCC(C)=O. The lowest BCUT2D eigenvalue weighted by Gasteiger charge is -2.00. The number of esters is 1. The van der Waals surface area contributed by atoms with Crippen LogP contribution < -0.4 is 0 Å². The van der Waals surface area contributed by atoms with E-state index in [0.717, 1.165) is 12.8 Å². The van der Waals surface area contributed by atoms with E-state index in [1.807, 2.05) is 0 Å². The Morgan fingerprint density at radius 3 is 2.46 bits per heavy atom. The molecule has 3 nitrogen and oxygen atoms in total. The molecule has 0 aliphatic rings. The highest BCUT2D eigenvalue weighted by atomic mass is 16.5. The topological polar surface area (TPSA) is 43.4 Å². The third-order valence-corrected chi connectivity index (χ3v) is 1.52. The molecule has 0 aliphatic heterocycles. The molecule has 0 unspecified atom stereocenters. The lowest BCUT2D eigenvalue weighted by molar-refractivity contribution is -0.142. The van der Waals surface area contributed by atoms with Crippen molar-refractivity contribution in [3.05, 3.63) is 12.7 Å². The summed E-state index contributed by atoms with van der Waals surface area (Å²) in [5, 5.41) is 0. The number of carbonyl (C=O) groups is 2. The van der Waals surface area contributed by atoms with Gasteiger partial charge in [-0.1, -0.05) is 12.7 Å². The number of ether oxygens (including phenoxy) is 1. The molecule has 0 aromatic heterocycles. The molecule has 0 N–H and O–H groups in total. The molecular formula is C10H16O3. The van der Waals surface area contributed by atoms with Gasteiger partial charge in [-0.15, -0.1) is 0 Å². The first-order chi connectivity index (χ1) is 6.16. The summed E-state index contributed by atoms with van der Waals surface area (Å²) in [6.07, 6.45) is 3.96. The second-order valence-electron chi connectivity index (χ2n) is 2.88. The maximum absolute atomic E-state index is 10.9. The molecule has 74 valence electrons. The van der Waals surface area contributed by atoms with Crippen LogP contribution in [0.3, 0.4) is 0 Å². The van der Waals surface area contributed by atoms with Crippen LogP contribution in [0.1, 0.15) is 32.6 Å². The van der Waals surface area contributed by atoms with Gasteiger partial charge in [0.25, 0.3) is 0 Å². The van der Waals surface area contributed by atoms with Crippen LogP contribution in [0, 0.1) is 0 Å². The first-order valence-electron chi connectivity index (χ1n) is 4.42. The minimum Gasteiger partial charge on any atom is -0.461 e. The molecule has 0 heterocycles. The molecule has 0 fully saturated rings. The van der Waals surface area contributed by atoms with Crippen LogP contribution in [0.2, 0.25) is 0 Å². The molecule has 13 heavy (non-hydrogen) atoms. The smallest absolute Gasteiger partial charge is 0.306 e. The van der Waals surface area contributed by atoms with Gasteiger partial charge in [-0.2, -0.15) is 0 Å². The summed E-state index contributed by atoms with van der Waals surface area (Å²) in [5.74, 6) is -0.0529. The van der Waals surface area contributed by atoms with Crippen LogP contribution in [0.5, 0.6) is 0 Å². The standard InChI is InChI=1S/C10H16O3/c1-3-8-13-10(12)7-5-4-6-9(2)11/h3H,1,4-8H2,2H3. The lowest BCUT2D eigenvalue weighted by Crippen LogP contribution is -2.04. The Kier molecular flexibility index (Phi) is 6.88. The number of ketones is 1. The highest BCUT2D eigenvalue weighted by Gasteiger charge is 2.01. The summed E-state index contributed by atoms with van der Waals surface area (Å²) in [4.78, 5) is 21.4. The van der Waals surface area contributed by atoms with E-state index in [9.17, 15) is 9.59 Å². The summed E-state index contributed by atoms with van der Waals surface area (Å²) < 4.78 is 4.76. The zero-order valence-corrected chi connectivity index (χ0v) is 8.04. The predicted molar refractivity (Wildman–Crippen MR) is 50.3 cm³/mol. The van der Waals surface area contributed by atoms with Crippen LogP contribution in [0.15, 0.2) is 12.7 Å². The van der Waals surface area contributed by atoms with Gasteiger partial charge >= 0.3 is 5.97 Å².